The summed E-state index contributed by atoms with van der Waals surface area (Å²) in [5.74, 6) is 3.29. The molecular weight excluding hydrogens is 200 g/mol. The average molecular weight is 214 g/mol. The molecule has 3 rings (SSSR count). The summed E-state index contributed by atoms with van der Waals surface area (Å²) in [6.07, 6.45) is 0. The van der Waals surface area contributed by atoms with E-state index in [-0.39, 0.29) is 0 Å². The molecule has 3 heteroatoms. The molecule has 1 saturated carbocycles. The van der Waals surface area contributed by atoms with Gasteiger partial charge < -0.3 is 4.52 Å². The Morgan fingerprint density at radius 2 is 1.75 bits per heavy atom. The third kappa shape index (κ3) is 1.43. The van der Waals surface area contributed by atoms with Gasteiger partial charge in [0.15, 0.2) is 0 Å². The molecule has 1 aliphatic rings. The van der Waals surface area contributed by atoms with E-state index in [1.54, 1.807) is 0 Å². The van der Waals surface area contributed by atoms with Crippen molar-refractivity contribution in [3.63, 3.8) is 0 Å². The van der Waals surface area contributed by atoms with E-state index in [0.717, 1.165) is 11.5 Å². The van der Waals surface area contributed by atoms with E-state index in [4.69, 9.17) is 4.52 Å². The molecule has 0 radical (unpaired) electrons. The smallest absolute Gasteiger partial charge is 0.230 e. The van der Waals surface area contributed by atoms with Crippen LogP contribution in [0.2, 0.25) is 0 Å². The molecular formula is C13H14N2O. The van der Waals surface area contributed by atoms with Crippen molar-refractivity contribution in [3.05, 3.63) is 36.2 Å². The number of hydrogen-bond donors (Lipinski definition) is 0. The molecule has 1 aromatic heterocycles. The molecule has 0 aliphatic heterocycles. The number of rotatable bonds is 2. The molecule has 1 aliphatic carbocycles. The highest BCUT2D eigenvalue weighted by atomic mass is 16.5. The van der Waals surface area contributed by atoms with Gasteiger partial charge >= 0.3 is 0 Å². The molecule has 2 atom stereocenters. The average Bonchev–Trinajstić information content (AvgIpc) is 2.77. The number of aromatic nitrogens is 2. The maximum absolute atomic E-state index is 5.32. The zero-order valence-electron chi connectivity index (χ0n) is 9.42. The van der Waals surface area contributed by atoms with Gasteiger partial charge in [0.1, 0.15) is 0 Å². The van der Waals surface area contributed by atoms with Crippen molar-refractivity contribution in [1.29, 1.82) is 0 Å². The molecule has 0 bridgehead atoms. The zero-order valence-corrected chi connectivity index (χ0v) is 9.42. The van der Waals surface area contributed by atoms with E-state index < -0.39 is 0 Å². The van der Waals surface area contributed by atoms with Gasteiger partial charge in [-0.1, -0.05) is 49.3 Å². The Kier molecular flexibility index (Phi) is 2.06. The van der Waals surface area contributed by atoms with Crippen LogP contribution in [-0.4, -0.2) is 10.1 Å². The van der Waals surface area contributed by atoms with Crippen LogP contribution in [0, 0.1) is 11.8 Å². The fraction of sp³-hybridized carbons (Fsp3) is 0.385. The quantitative estimate of drug-likeness (QED) is 0.771. The predicted molar refractivity (Wildman–Crippen MR) is 60.8 cm³/mol. The monoisotopic (exact) mass is 214 g/mol. The predicted octanol–water partition coefficient (Wildman–Crippen LogP) is 3.11. The molecule has 0 N–H and O–H groups in total. The van der Waals surface area contributed by atoms with E-state index >= 15 is 0 Å². The largest absolute Gasteiger partial charge is 0.339 e. The van der Waals surface area contributed by atoms with Crippen LogP contribution in [0.15, 0.2) is 34.9 Å². The lowest BCUT2D eigenvalue weighted by Gasteiger charge is -1.90. The maximum atomic E-state index is 5.32. The van der Waals surface area contributed by atoms with Crippen LogP contribution < -0.4 is 0 Å². The summed E-state index contributed by atoms with van der Waals surface area (Å²) in [6, 6.07) is 9.93. The minimum atomic E-state index is 0.463. The van der Waals surface area contributed by atoms with Crippen molar-refractivity contribution in [1.82, 2.24) is 10.1 Å². The third-order valence-corrected chi connectivity index (χ3v) is 3.58. The second-order valence-electron chi connectivity index (χ2n) is 4.57. The van der Waals surface area contributed by atoms with Crippen LogP contribution in [0.25, 0.3) is 11.4 Å². The third-order valence-electron chi connectivity index (χ3n) is 3.58. The van der Waals surface area contributed by atoms with Gasteiger partial charge in [-0.2, -0.15) is 4.98 Å². The van der Waals surface area contributed by atoms with Gasteiger partial charge in [0.05, 0.1) is 0 Å². The second-order valence-corrected chi connectivity index (χ2v) is 4.57. The summed E-state index contributed by atoms with van der Waals surface area (Å²) < 4.78 is 5.32. The lowest BCUT2D eigenvalue weighted by molar-refractivity contribution is 0.374. The first-order chi connectivity index (χ1) is 7.77. The number of hydrogen-bond acceptors (Lipinski definition) is 3. The molecule has 3 nitrogen and oxygen atoms in total. The van der Waals surface area contributed by atoms with E-state index in [0.29, 0.717) is 23.6 Å². The molecule has 2 unspecified atom stereocenters. The van der Waals surface area contributed by atoms with E-state index in [1.165, 1.54) is 0 Å². The highest BCUT2D eigenvalue weighted by Crippen LogP contribution is 2.52. The van der Waals surface area contributed by atoms with Gasteiger partial charge in [0, 0.05) is 11.5 Å². The minimum absolute atomic E-state index is 0.463. The number of nitrogens with zero attached hydrogens (tertiary/aromatic N) is 2. The van der Waals surface area contributed by atoms with Gasteiger partial charge in [0.25, 0.3) is 0 Å². The molecule has 1 fully saturated rings. The summed E-state index contributed by atoms with van der Waals surface area (Å²) in [5.41, 5.74) is 1.01. The summed E-state index contributed by atoms with van der Waals surface area (Å²) in [4.78, 5) is 4.47. The van der Waals surface area contributed by atoms with Crippen molar-refractivity contribution in [3.8, 4) is 11.4 Å². The van der Waals surface area contributed by atoms with Gasteiger partial charge in [0.2, 0.25) is 11.7 Å². The summed E-state index contributed by atoms with van der Waals surface area (Å²) in [6.45, 7) is 4.45. The van der Waals surface area contributed by atoms with Gasteiger partial charge in [-0.05, 0) is 11.8 Å². The van der Waals surface area contributed by atoms with Crippen molar-refractivity contribution < 1.29 is 4.52 Å². The molecule has 1 aromatic carbocycles. The lowest BCUT2D eigenvalue weighted by Crippen LogP contribution is -1.83. The first-order valence-corrected chi connectivity index (χ1v) is 5.66. The molecule has 16 heavy (non-hydrogen) atoms. The first-order valence-electron chi connectivity index (χ1n) is 5.66. The van der Waals surface area contributed by atoms with Crippen molar-refractivity contribution >= 4 is 0 Å². The first kappa shape index (κ1) is 9.58. The van der Waals surface area contributed by atoms with Crippen molar-refractivity contribution in [2.45, 2.75) is 19.8 Å². The Hall–Kier alpha value is -1.64. The standard InChI is InChI=1S/C13H14N2O/c1-8-9(2)11(8)13-14-12(15-16-13)10-6-4-3-5-7-10/h3-9,11H,1-2H3. The normalized spacial score (nSPS) is 28.0. The Balaban J connectivity index is 1.89. The molecule has 2 aromatic rings. The van der Waals surface area contributed by atoms with E-state index in [9.17, 15) is 0 Å². The minimum Gasteiger partial charge on any atom is -0.339 e. The number of benzene rings is 1. The van der Waals surface area contributed by atoms with Gasteiger partial charge in [-0.3, -0.25) is 0 Å². The second kappa shape index (κ2) is 3.44. The molecule has 0 amide bonds. The van der Waals surface area contributed by atoms with Crippen LogP contribution in [0.4, 0.5) is 0 Å². The van der Waals surface area contributed by atoms with Crippen LogP contribution in [0.3, 0.4) is 0 Å². The molecule has 0 saturated heterocycles. The van der Waals surface area contributed by atoms with Gasteiger partial charge in [-0.25, -0.2) is 0 Å². The Labute approximate surface area is 94.5 Å². The molecule has 82 valence electrons. The van der Waals surface area contributed by atoms with Crippen LogP contribution in [0.1, 0.15) is 25.7 Å². The van der Waals surface area contributed by atoms with E-state index in [2.05, 4.69) is 24.0 Å². The Morgan fingerprint density at radius 3 is 2.38 bits per heavy atom. The van der Waals surface area contributed by atoms with Crippen molar-refractivity contribution in [2.24, 2.45) is 11.8 Å². The van der Waals surface area contributed by atoms with Crippen LogP contribution in [-0.2, 0) is 0 Å². The van der Waals surface area contributed by atoms with Crippen molar-refractivity contribution in [2.75, 3.05) is 0 Å². The van der Waals surface area contributed by atoms with Gasteiger partial charge in [-0.15, -0.1) is 0 Å². The highest BCUT2D eigenvalue weighted by Gasteiger charge is 2.47. The fourth-order valence-electron chi connectivity index (χ4n) is 2.19. The zero-order chi connectivity index (χ0) is 11.1. The van der Waals surface area contributed by atoms with Crippen LogP contribution >= 0.6 is 0 Å². The fourth-order valence-corrected chi connectivity index (χ4v) is 2.19. The maximum Gasteiger partial charge on any atom is 0.230 e. The Bertz CT molecular complexity index is 484. The highest BCUT2D eigenvalue weighted by molar-refractivity contribution is 5.53. The summed E-state index contributed by atoms with van der Waals surface area (Å²) in [5, 5.41) is 4.03. The summed E-state index contributed by atoms with van der Waals surface area (Å²) >= 11 is 0. The summed E-state index contributed by atoms with van der Waals surface area (Å²) in [7, 11) is 0. The van der Waals surface area contributed by atoms with E-state index in [1.807, 2.05) is 30.3 Å². The Morgan fingerprint density at radius 1 is 1.06 bits per heavy atom. The molecule has 1 heterocycles. The molecule has 0 spiro atoms. The SMILES string of the molecule is CC1C(C)C1c1nc(-c2ccccc2)no1. The topological polar surface area (TPSA) is 38.9 Å². The lowest BCUT2D eigenvalue weighted by atomic mass is 10.2. The van der Waals surface area contributed by atoms with Crippen LogP contribution in [0.5, 0.6) is 0 Å².